The fourth-order valence-corrected chi connectivity index (χ4v) is 5.00. The number of unbranched alkanes of at least 4 members (excludes halogenated alkanes) is 3. The number of carbonyl (C=O) groups excluding carboxylic acids is 1. The molecular weight excluding hydrogens is 526 g/mol. The molecule has 0 fully saturated rings. The summed E-state index contributed by atoms with van der Waals surface area (Å²) in [7, 11) is 0. The van der Waals surface area contributed by atoms with E-state index in [0.717, 1.165) is 73.2 Å². The summed E-state index contributed by atoms with van der Waals surface area (Å²) < 4.78 is 9.32. The number of halogens is 1. The van der Waals surface area contributed by atoms with E-state index in [1.54, 1.807) is 0 Å². The topological polar surface area (TPSA) is 56.1 Å². The zero-order chi connectivity index (χ0) is 26.0. The lowest BCUT2D eigenvalue weighted by molar-refractivity contribution is 0.0953. The van der Waals surface area contributed by atoms with E-state index in [4.69, 9.17) is 9.72 Å². The van der Waals surface area contributed by atoms with E-state index < -0.39 is 0 Å². The van der Waals surface area contributed by atoms with E-state index in [0.29, 0.717) is 12.1 Å². The molecule has 0 radical (unpaired) electrons. The largest absolute Gasteiger partial charge is 0.493 e. The van der Waals surface area contributed by atoms with Gasteiger partial charge in [0.15, 0.2) is 0 Å². The van der Waals surface area contributed by atoms with Crippen molar-refractivity contribution >= 4 is 32.9 Å². The summed E-state index contributed by atoms with van der Waals surface area (Å²) in [6.07, 6.45) is 6.03. The molecule has 6 heteroatoms. The van der Waals surface area contributed by atoms with Crippen LogP contribution in [0.25, 0.3) is 11.0 Å². The Morgan fingerprint density at radius 1 is 0.946 bits per heavy atom. The summed E-state index contributed by atoms with van der Waals surface area (Å²) in [5.74, 6) is 2.10. The standard InChI is InChI=1S/C31H36BrN3O2/c1-23-16-17-29(24(2)21-23)37-20-9-8-19-35-28-14-6-5-13-27(28)34-30(35)15-4-3-7-18-33-31(36)25-11-10-12-26(32)22-25/h5-6,10-14,16-17,21-22H,3-4,7-9,15,18-20H2,1-2H3,(H,33,36). The summed E-state index contributed by atoms with van der Waals surface area (Å²) in [5.41, 5.74) is 5.40. The van der Waals surface area contributed by atoms with Crippen LogP contribution in [0, 0.1) is 13.8 Å². The first-order chi connectivity index (χ1) is 18.0. The number of ether oxygens (including phenoxy) is 1. The number of fused-ring (bicyclic) bond motifs is 1. The molecule has 194 valence electrons. The quantitative estimate of drug-likeness (QED) is 0.173. The maximum Gasteiger partial charge on any atom is 0.251 e. The van der Waals surface area contributed by atoms with Gasteiger partial charge in [-0.1, -0.05) is 58.2 Å². The lowest BCUT2D eigenvalue weighted by Gasteiger charge is -2.12. The van der Waals surface area contributed by atoms with Crippen LogP contribution in [0.2, 0.25) is 0 Å². The lowest BCUT2D eigenvalue weighted by Crippen LogP contribution is -2.24. The third-order valence-electron chi connectivity index (χ3n) is 6.55. The molecule has 1 amide bonds. The number of para-hydroxylation sites is 2. The van der Waals surface area contributed by atoms with Crippen LogP contribution >= 0.6 is 15.9 Å². The predicted octanol–water partition coefficient (Wildman–Crippen LogP) is 7.42. The maximum absolute atomic E-state index is 12.3. The Bertz CT molecular complexity index is 1330. The lowest BCUT2D eigenvalue weighted by atomic mass is 10.1. The molecule has 1 N–H and O–H groups in total. The Morgan fingerprint density at radius 2 is 1.81 bits per heavy atom. The molecular formula is C31H36BrN3O2. The van der Waals surface area contributed by atoms with Gasteiger partial charge in [0.05, 0.1) is 17.6 Å². The van der Waals surface area contributed by atoms with E-state index in [1.807, 2.05) is 24.3 Å². The number of rotatable bonds is 13. The number of carbonyl (C=O) groups is 1. The third kappa shape index (κ3) is 7.68. The molecule has 1 heterocycles. The van der Waals surface area contributed by atoms with Crippen molar-refractivity contribution in [1.82, 2.24) is 14.9 Å². The van der Waals surface area contributed by atoms with Gasteiger partial charge in [-0.2, -0.15) is 0 Å². The van der Waals surface area contributed by atoms with Crippen molar-refractivity contribution in [2.75, 3.05) is 13.2 Å². The van der Waals surface area contributed by atoms with Gasteiger partial charge in [0.2, 0.25) is 0 Å². The van der Waals surface area contributed by atoms with Crippen LogP contribution in [0.4, 0.5) is 0 Å². The second-order valence-corrected chi connectivity index (χ2v) is 10.5. The Kier molecular flexibility index (Phi) is 9.78. The number of hydrogen-bond donors (Lipinski definition) is 1. The minimum atomic E-state index is -0.0235. The van der Waals surface area contributed by atoms with Crippen molar-refractivity contribution in [2.45, 2.75) is 58.9 Å². The number of aromatic nitrogens is 2. The second kappa shape index (κ2) is 13.4. The molecule has 0 spiro atoms. The van der Waals surface area contributed by atoms with Gasteiger partial charge in [0.1, 0.15) is 11.6 Å². The molecule has 0 saturated carbocycles. The van der Waals surface area contributed by atoms with Crippen molar-refractivity contribution < 1.29 is 9.53 Å². The number of hydrogen-bond acceptors (Lipinski definition) is 3. The molecule has 0 aliphatic heterocycles. The zero-order valence-corrected chi connectivity index (χ0v) is 23.4. The molecule has 4 aromatic rings. The maximum atomic E-state index is 12.3. The average Bonchev–Trinajstić information content (AvgIpc) is 3.24. The Hall–Kier alpha value is -3.12. The monoisotopic (exact) mass is 561 g/mol. The van der Waals surface area contributed by atoms with Crippen LogP contribution in [-0.4, -0.2) is 28.6 Å². The highest BCUT2D eigenvalue weighted by Crippen LogP contribution is 2.21. The van der Waals surface area contributed by atoms with E-state index in [2.05, 4.69) is 82.1 Å². The van der Waals surface area contributed by atoms with Gasteiger partial charge in [-0.15, -0.1) is 0 Å². The first-order valence-corrected chi connectivity index (χ1v) is 14.0. The normalized spacial score (nSPS) is 11.1. The summed E-state index contributed by atoms with van der Waals surface area (Å²) >= 11 is 3.42. The van der Waals surface area contributed by atoms with Crippen LogP contribution in [0.3, 0.4) is 0 Å². The van der Waals surface area contributed by atoms with Gasteiger partial charge in [0.25, 0.3) is 5.91 Å². The van der Waals surface area contributed by atoms with Crippen molar-refractivity contribution in [3.63, 3.8) is 0 Å². The van der Waals surface area contributed by atoms with Crippen LogP contribution in [0.1, 0.15) is 59.4 Å². The highest BCUT2D eigenvalue weighted by atomic mass is 79.9. The number of imidazole rings is 1. The minimum Gasteiger partial charge on any atom is -0.493 e. The number of benzene rings is 3. The van der Waals surface area contributed by atoms with E-state index in [-0.39, 0.29) is 5.91 Å². The van der Waals surface area contributed by atoms with Gasteiger partial charge < -0.3 is 14.6 Å². The fourth-order valence-electron chi connectivity index (χ4n) is 4.60. The molecule has 0 atom stereocenters. The SMILES string of the molecule is Cc1ccc(OCCCCn2c(CCCCCNC(=O)c3cccc(Br)c3)nc3ccccc32)c(C)c1. The van der Waals surface area contributed by atoms with Crippen molar-refractivity contribution in [3.05, 3.63) is 93.7 Å². The van der Waals surface area contributed by atoms with Gasteiger partial charge >= 0.3 is 0 Å². The number of amides is 1. The van der Waals surface area contributed by atoms with E-state index in [9.17, 15) is 4.79 Å². The van der Waals surface area contributed by atoms with Crippen LogP contribution in [0.15, 0.2) is 71.2 Å². The van der Waals surface area contributed by atoms with Crippen LogP contribution in [0.5, 0.6) is 5.75 Å². The summed E-state index contributed by atoms with van der Waals surface area (Å²) in [4.78, 5) is 17.2. The molecule has 3 aromatic carbocycles. The first kappa shape index (κ1) is 26.9. The Labute approximate surface area is 228 Å². The van der Waals surface area contributed by atoms with Crippen molar-refractivity contribution in [2.24, 2.45) is 0 Å². The highest BCUT2D eigenvalue weighted by Gasteiger charge is 2.11. The van der Waals surface area contributed by atoms with Gasteiger partial charge in [0, 0.05) is 29.5 Å². The van der Waals surface area contributed by atoms with Crippen LogP contribution in [-0.2, 0) is 13.0 Å². The molecule has 4 rings (SSSR count). The van der Waals surface area contributed by atoms with Gasteiger partial charge in [-0.05, 0) is 81.5 Å². The Balaban J connectivity index is 1.22. The Morgan fingerprint density at radius 3 is 2.65 bits per heavy atom. The van der Waals surface area contributed by atoms with E-state index >= 15 is 0 Å². The molecule has 0 saturated heterocycles. The highest BCUT2D eigenvalue weighted by molar-refractivity contribution is 9.10. The average molecular weight is 563 g/mol. The first-order valence-electron chi connectivity index (χ1n) is 13.2. The molecule has 5 nitrogen and oxygen atoms in total. The molecule has 0 aliphatic carbocycles. The van der Waals surface area contributed by atoms with Crippen LogP contribution < -0.4 is 10.1 Å². The van der Waals surface area contributed by atoms with Gasteiger partial charge in [-0.3, -0.25) is 4.79 Å². The summed E-state index contributed by atoms with van der Waals surface area (Å²) in [6, 6.07) is 22.2. The smallest absolute Gasteiger partial charge is 0.251 e. The van der Waals surface area contributed by atoms with E-state index in [1.165, 1.54) is 16.6 Å². The zero-order valence-electron chi connectivity index (χ0n) is 21.8. The molecule has 1 aromatic heterocycles. The number of nitrogens with zero attached hydrogens (tertiary/aromatic N) is 2. The third-order valence-corrected chi connectivity index (χ3v) is 7.04. The summed E-state index contributed by atoms with van der Waals surface area (Å²) in [5, 5.41) is 3.02. The van der Waals surface area contributed by atoms with Crippen molar-refractivity contribution in [1.29, 1.82) is 0 Å². The van der Waals surface area contributed by atoms with Gasteiger partial charge in [-0.25, -0.2) is 4.98 Å². The second-order valence-electron chi connectivity index (χ2n) is 9.57. The molecule has 0 unspecified atom stereocenters. The molecule has 0 aliphatic rings. The minimum absolute atomic E-state index is 0.0235. The van der Waals surface area contributed by atoms with Crippen molar-refractivity contribution in [3.8, 4) is 5.75 Å². The number of nitrogens with one attached hydrogen (secondary N) is 1. The fraction of sp³-hybridized carbons (Fsp3) is 0.355. The number of aryl methyl sites for hydroxylation is 4. The predicted molar refractivity (Wildman–Crippen MR) is 154 cm³/mol. The summed E-state index contributed by atoms with van der Waals surface area (Å²) in [6.45, 7) is 6.55. The molecule has 0 bridgehead atoms. The molecule has 37 heavy (non-hydrogen) atoms.